The molecule has 1 amide bonds. The number of carbonyl (C=O) groups excluding carboxylic acids is 2. The average Bonchev–Trinajstić information content (AvgIpc) is 2.72. The quantitative estimate of drug-likeness (QED) is 0.363. The number of amides is 1. The third-order valence-corrected chi connectivity index (χ3v) is 4.56. The van der Waals surface area contributed by atoms with Crippen LogP contribution in [0.5, 0.6) is 0 Å². The minimum atomic E-state index is -0.930. The molecule has 154 valence electrons. The molecule has 0 spiro atoms. The normalized spacial score (nSPS) is 11.8. The number of carbonyl (C=O) groups is 2. The van der Waals surface area contributed by atoms with Crippen molar-refractivity contribution in [3.05, 3.63) is 88.0 Å². The van der Waals surface area contributed by atoms with E-state index in [1.165, 1.54) is 12.1 Å². The van der Waals surface area contributed by atoms with Crippen LogP contribution in [0.3, 0.4) is 0 Å². The number of nitrogens with one attached hydrogen (secondary N) is 1. The van der Waals surface area contributed by atoms with Crippen LogP contribution in [0.2, 0.25) is 0 Å². The fourth-order valence-electron chi connectivity index (χ4n) is 3.16. The first-order valence-electron chi connectivity index (χ1n) is 9.57. The molecule has 0 aromatic heterocycles. The lowest BCUT2D eigenvalue weighted by Crippen LogP contribution is -2.44. The number of benzene rings is 3. The van der Waals surface area contributed by atoms with Gasteiger partial charge in [-0.2, -0.15) is 0 Å². The molecule has 7 nitrogen and oxygen atoms in total. The second kappa shape index (κ2) is 9.17. The molecule has 0 saturated heterocycles. The van der Waals surface area contributed by atoms with Crippen molar-refractivity contribution in [1.82, 2.24) is 5.32 Å². The van der Waals surface area contributed by atoms with Crippen molar-refractivity contribution >= 4 is 28.3 Å². The van der Waals surface area contributed by atoms with Gasteiger partial charge in [0.2, 0.25) is 0 Å². The van der Waals surface area contributed by atoms with Crippen molar-refractivity contribution in [3.8, 4) is 0 Å². The molecule has 30 heavy (non-hydrogen) atoms. The highest BCUT2D eigenvalue weighted by molar-refractivity contribution is 6.08. The van der Waals surface area contributed by atoms with E-state index in [0.717, 1.165) is 10.8 Å². The van der Waals surface area contributed by atoms with Gasteiger partial charge in [0.25, 0.3) is 11.6 Å². The summed E-state index contributed by atoms with van der Waals surface area (Å²) in [4.78, 5) is 36.0. The number of ether oxygens (including phenoxy) is 1. The molecule has 1 unspecified atom stereocenters. The standard InChI is InChI=1S/C23H22N2O5/c1-15(2)30-23(27)21(14-16-10-12-18(13-11-16)25(28)29)24-22(26)20-9-5-7-17-6-3-4-8-19(17)20/h3-13,15,21H,14H2,1-2H3,(H,24,26). The number of non-ortho nitro benzene ring substituents is 1. The Hall–Kier alpha value is -3.74. The molecule has 0 saturated carbocycles. The van der Waals surface area contributed by atoms with Crippen molar-refractivity contribution in [2.75, 3.05) is 0 Å². The van der Waals surface area contributed by atoms with Crippen molar-refractivity contribution in [2.45, 2.75) is 32.4 Å². The Labute approximate surface area is 173 Å². The van der Waals surface area contributed by atoms with E-state index in [4.69, 9.17) is 4.74 Å². The van der Waals surface area contributed by atoms with Crippen LogP contribution in [-0.4, -0.2) is 28.9 Å². The number of esters is 1. The van der Waals surface area contributed by atoms with Crippen molar-refractivity contribution < 1.29 is 19.2 Å². The molecule has 7 heteroatoms. The van der Waals surface area contributed by atoms with Crippen LogP contribution in [0.25, 0.3) is 10.8 Å². The van der Waals surface area contributed by atoms with Crippen LogP contribution in [0.15, 0.2) is 66.7 Å². The molecular weight excluding hydrogens is 384 g/mol. The summed E-state index contributed by atoms with van der Waals surface area (Å²) in [6, 6.07) is 17.8. The number of nitro groups is 1. The van der Waals surface area contributed by atoms with Gasteiger partial charge in [-0.1, -0.05) is 48.5 Å². The van der Waals surface area contributed by atoms with E-state index in [2.05, 4.69) is 5.32 Å². The predicted octanol–water partition coefficient (Wildman–Crippen LogP) is 4.04. The molecular formula is C23H22N2O5. The first-order valence-corrected chi connectivity index (χ1v) is 9.57. The Morgan fingerprint density at radius 3 is 2.33 bits per heavy atom. The second-order valence-corrected chi connectivity index (χ2v) is 7.17. The van der Waals surface area contributed by atoms with Crippen molar-refractivity contribution in [3.63, 3.8) is 0 Å². The lowest BCUT2D eigenvalue weighted by Gasteiger charge is -2.20. The van der Waals surface area contributed by atoms with Gasteiger partial charge in [-0.25, -0.2) is 4.79 Å². The molecule has 0 heterocycles. The fourth-order valence-corrected chi connectivity index (χ4v) is 3.16. The highest BCUT2D eigenvalue weighted by Crippen LogP contribution is 2.19. The van der Waals surface area contributed by atoms with Gasteiger partial charge < -0.3 is 10.1 Å². The molecule has 1 N–H and O–H groups in total. The topological polar surface area (TPSA) is 98.5 Å². The summed E-state index contributed by atoms with van der Waals surface area (Å²) in [5, 5.41) is 15.3. The molecule has 1 atom stereocenters. The molecule has 0 aliphatic carbocycles. The van der Waals surface area contributed by atoms with E-state index in [-0.39, 0.29) is 24.1 Å². The Morgan fingerprint density at radius 1 is 1.00 bits per heavy atom. The van der Waals surface area contributed by atoms with Gasteiger partial charge >= 0.3 is 5.97 Å². The molecule has 0 aliphatic rings. The van der Waals surface area contributed by atoms with E-state index in [1.54, 1.807) is 38.1 Å². The monoisotopic (exact) mass is 406 g/mol. The number of hydrogen-bond donors (Lipinski definition) is 1. The van der Waals surface area contributed by atoms with Crippen LogP contribution in [0.4, 0.5) is 5.69 Å². The lowest BCUT2D eigenvalue weighted by atomic mass is 10.0. The molecule has 3 rings (SSSR count). The van der Waals surface area contributed by atoms with Gasteiger partial charge in [0.15, 0.2) is 0 Å². The van der Waals surface area contributed by atoms with Gasteiger partial charge in [-0.05, 0) is 36.2 Å². The molecule has 0 radical (unpaired) electrons. The number of fused-ring (bicyclic) bond motifs is 1. The van der Waals surface area contributed by atoms with Crippen LogP contribution in [-0.2, 0) is 16.0 Å². The maximum absolute atomic E-state index is 13.0. The third-order valence-electron chi connectivity index (χ3n) is 4.56. The first kappa shape index (κ1) is 21.0. The van der Waals surface area contributed by atoms with Gasteiger partial charge in [0, 0.05) is 24.1 Å². The minimum Gasteiger partial charge on any atom is -0.461 e. The zero-order chi connectivity index (χ0) is 21.7. The Kier molecular flexibility index (Phi) is 6.41. The van der Waals surface area contributed by atoms with Gasteiger partial charge in [-0.15, -0.1) is 0 Å². The largest absolute Gasteiger partial charge is 0.461 e. The van der Waals surface area contributed by atoms with Gasteiger partial charge in [0.05, 0.1) is 11.0 Å². The number of hydrogen-bond acceptors (Lipinski definition) is 5. The van der Waals surface area contributed by atoms with E-state index in [0.29, 0.717) is 11.1 Å². The zero-order valence-corrected chi connectivity index (χ0v) is 16.7. The zero-order valence-electron chi connectivity index (χ0n) is 16.7. The van der Waals surface area contributed by atoms with Crippen LogP contribution in [0.1, 0.15) is 29.8 Å². The van der Waals surface area contributed by atoms with Crippen LogP contribution in [0, 0.1) is 10.1 Å². The summed E-state index contributed by atoms with van der Waals surface area (Å²) in [7, 11) is 0. The Balaban J connectivity index is 1.85. The van der Waals surface area contributed by atoms with E-state index in [1.807, 2.05) is 30.3 Å². The summed E-state index contributed by atoms with van der Waals surface area (Å²) >= 11 is 0. The Bertz CT molecular complexity index is 1070. The minimum absolute atomic E-state index is 0.0418. The number of rotatable bonds is 7. The molecule has 0 bridgehead atoms. The van der Waals surface area contributed by atoms with Crippen molar-refractivity contribution in [2.24, 2.45) is 0 Å². The van der Waals surface area contributed by atoms with Gasteiger partial charge in [-0.3, -0.25) is 14.9 Å². The highest BCUT2D eigenvalue weighted by atomic mass is 16.6. The van der Waals surface area contributed by atoms with Gasteiger partial charge in [0.1, 0.15) is 6.04 Å². The Morgan fingerprint density at radius 2 is 1.67 bits per heavy atom. The smallest absolute Gasteiger partial charge is 0.329 e. The molecule has 3 aromatic rings. The average molecular weight is 406 g/mol. The third kappa shape index (κ3) is 5.00. The van der Waals surface area contributed by atoms with E-state index >= 15 is 0 Å². The fraction of sp³-hybridized carbons (Fsp3) is 0.217. The second-order valence-electron chi connectivity index (χ2n) is 7.17. The van der Waals surface area contributed by atoms with Crippen molar-refractivity contribution in [1.29, 1.82) is 0 Å². The summed E-state index contributed by atoms with van der Waals surface area (Å²) in [5.41, 5.74) is 1.09. The number of nitrogens with zero attached hydrogens (tertiary/aromatic N) is 1. The number of nitro benzene ring substituents is 1. The lowest BCUT2D eigenvalue weighted by molar-refractivity contribution is -0.384. The molecule has 0 aliphatic heterocycles. The highest BCUT2D eigenvalue weighted by Gasteiger charge is 2.25. The van der Waals surface area contributed by atoms with Crippen LogP contribution >= 0.6 is 0 Å². The molecule has 0 fully saturated rings. The van der Waals surface area contributed by atoms with Crippen LogP contribution < -0.4 is 5.32 Å². The molecule has 3 aromatic carbocycles. The SMILES string of the molecule is CC(C)OC(=O)C(Cc1ccc([N+](=O)[O-])cc1)NC(=O)c1cccc2ccccc12. The van der Waals surface area contributed by atoms with E-state index in [9.17, 15) is 19.7 Å². The summed E-state index contributed by atoms with van der Waals surface area (Å²) in [6.45, 7) is 3.46. The summed E-state index contributed by atoms with van der Waals surface area (Å²) in [5.74, 6) is -0.948. The maximum Gasteiger partial charge on any atom is 0.329 e. The van der Waals surface area contributed by atoms with E-state index < -0.39 is 16.9 Å². The summed E-state index contributed by atoms with van der Waals surface area (Å²) in [6.07, 6.45) is -0.189. The predicted molar refractivity (Wildman–Crippen MR) is 113 cm³/mol. The first-order chi connectivity index (χ1) is 14.3. The maximum atomic E-state index is 13.0. The summed E-state index contributed by atoms with van der Waals surface area (Å²) < 4.78 is 5.31.